The third-order valence-electron chi connectivity index (χ3n) is 5.18. The van der Waals surface area contributed by atoms with Crippen LogP contribution in [0.1, 0.15) is 24.2 Å². The molecule has 0 aliphatic carbocycles. The molecule has 9 heteroatoms. The first-order chi connectivity index (χ1) is 15.0. The quantitative estimate of drug-likeness (QED) is 0.403. The first-order valence-electron chi connectivity index (χ1n) is 9.63. The number of rotatable bonds is 4. The van der Waals surface area contributed by atoms with E-state index in [4.69, 9.17) is 16.6 Å². The monoisotopic (exact) mass is 433 g/mol. The molecular weight excluding hydrogens is 417 g/mol. The highest BCUT2D eigenvalue weighted by atomic mass is 35.5. The van der Waals surface area contributed by atoms with Crippen LogP contribution >= 0.6 is 11.6 Å². The maximum absolute atomic E-state index is 14.1. The van der Waals surface area contributed by atoms with E-state index in [0.717, 1.165) is 10.9 Å². The second-order valence-corrected chi connectivity index (χ2v) is 7.62. The van der Waals surface area contributed by atoms with Crippen LogP contribution in [0.3, 0.4) is 0 Å². The number of anilines is 1. The number of aromatic nitrogens is 6. The Morgan fingerprint density at radius 1 is 1.13 bits per heavy atom. The number of H-pyrrole nitrogens is 1. The van der Waals surface area contributed by atoms with Gasteiger partial charge in [-0.1, -0.05) is 23.7 Å². The molecular formula is C22H17ClFN7. The number of nitrogens with one attached hydrogen (secondary N) is 2. The number of aryl methyl sites for hydroxylation is 1. The minimum Gasteiger partial charge on any atom is -0.362 e. The van der Waals surface area contributed by atoms with Crippen LogP contribution in [0.2, 0.25) is 5.02 Å². The van der Waals surface area contributed by atoms with Crippen molar-refractivity contribution in [2.45, 2.75) is 19.9 Å². The Bertz CT molecular complexity index is 1430. The lowest BCUT2D eigenvalue weighted by Crippen LogP contribution is -2.11. The maximum Gasteiger partial charge on any atom is 0.182 e. The maximum atomic E-state index is 14.1. The number of para-hydroxylation sites is 1. The van der Waals surface area contributed by atoms with Crippen molar-refractivity contribution >= 4 is 39.5 Å². The van der Waals surface area contributed by atoms with Gasteiger partial charge in [0.15, 0.2) is 11.5 Å². The molecule has 0 spiro atoms. The fourth-order valence-electron chi connectivity index (χ4n) is 3.63. The van der Waals surface area contributed by atoms with E-state index in [1.165, 1.54) is 18.6 Å². The van der Waals surface area contributed by atoms with Gasteiger partial charge in [0.2, 0.25) is 0 Å². The second-order valence-electron chi connectivity index (χ2n) is 7.21. The van der Waals surface area contributed by atoms with Crippen LogP contribution in [0.5, 0.6) is 0 Å². The summed E-state index contributed by atoms with van der Waals surface area (Å²) in [7, 11) is 0. The van der Waals surface area contributed by atoms with E-state index in [9.17, 15) is 4.39 Å². The van der Waals surface area contributed by atoms with Gasteiger partial charge in [0.05, 0.1) is 34.8 Å². The largest absolute Gasteiger partial charge is 0.362 e. The second kappa shape index (κ2) is 7.55. The molecule has 0 aliphatic rings. The average Bonchev–Trinajstić information content (AvgIpc) is 3.25. The lowest BCUT2D eigenvalue weighted by atomic mass is 9.97. The predicted molar refractivity (Wildman–Crippen MR) is 118 cm³/mol. The summed E-state index contributed by atoms with van der Waals surface area (Å²) in [5, 5.41) is 4.82. The van der Waals surface area contributed by atoms with E-state index in [-0.39, 0.29) is 6.04 Å². The molecule has 0 saturated heterocycles. The summed E-state index contributed by atoms with van der Waals surface area (Å²) in [5.74, 6) is 0.185. The lowest BCUT2D eigenvalue weighted by molar-refractivity contribution is 0.620. The van der Waals surface area contributed by atoms with Crippen molar-refractivity contribution in [1.82, 2.24) is 29.9 Å². The molecule has 1 aromatic carbocycles. The molecule has 5 aromatic rings. The van der Waals surface area contributed by atoms with Crippen LogP contribution in [0.4, 0.5) is 10.2 Å². The van der Waals surface area contributed by atoms with E-state index in [1.54, 1.807) is 12.4 Å². The number of hydrogen-bond acceptors (Lipinski definition) is 6. The summed E-state index contributed by atoms with van der Waals surface area (Å²) in [6.07, 6.45) is 4.23. The zero-order valence-electron chi connectivity index (χ0n) is 16.7. The molecule has 0 saturated carbocycles. The van der Waals surface area contributed by atoms with Crippen molar-refractivity contribution in [3.63, 3.8) is 0 Å². The van der Waals surface area contributed by atoms with Gasteiger partial charge in [-0.25, -0.2) is 24.3 Å². The number of benzene rings is 1. The van der Waals surface area contributed by atoms with Crippen LogP contribution in [0.25, 0.3) is 33.3 Å². The number of hydrogen-bond donors (Lipinski definition) is 2. The Balaban J connectivity index is 1.69. The van der Waals surface area contributed by atoms with Crippen molar-refractivity contribution < 1.29 is 4.39 Å². The average molecular weight is 434 g/mol. The number of fused-ring (bicyclic) bond motifs is 2. The summed E-state index contributed by atoms with van der Waals surface area (Å²) < 4.78 is 14.1. The molecule has 7 nitrogen and oxygen atoms in total. The van der Waals surface area contributed by atoms with Crippen LogP contribution in [0.15, 0.2) is 49.2 Å². The van der Waals surface area contributed by atoms with Crippen molar-refractivity contribution in [3.8, 4) is 11.3 Å². The van der Waals surface area contributed by atoms with E-state index >= 15 is 0 Å². The number of pyridine rings is 2. The van der Waals surface area contributed by atoms with Gasteiger partial charge in [-0.3, -0.25) is 4.98 Å². The van der Waals surface area contributed by atoms with Crippen LogP contribution in [-0.2, 0) is 0 Å². The first-order valence-corrected chi connectivity index (χ1v) is 10.0. The lowest BCUT2D eigenvalue weighted by Gasteiger charge is -2.20. The van der Waals surface area contributed by atoms with Gasteiger partial charge in [-0.2, -0.15) is 0 Å². The van der Waals surface area contributed by atoms with Crippen molar-refractivity contribution in [2.75, 3.05) is 5.32 Å². The Labute approximate surface area is 181 Å². The van der Waals surface area contributed by atoms with E-state index in [0.29, 0.717) is 44.5 Å². The highest BCUT2D eigenvalue weighted by molar-refractivity contribution is 6.35. The standard InChI is InChI=1S/C22H17ClFN7/c1-11-16(7-14(24)8-25-11)19-15(6-13-4-3-5-17(23)18(13)31-19)12(2)30-22-20-21(27-9-26-20)28-10-29-22/h3-10,12H,1-2H3,(H2,26,27,28,29,30)/t12-/m0/s1. The Morgan fingerprint density at radius 3 is 2.87 bits per heavy atom. The smallest absolute Gasteiger partial charge is 0.182 e. The van der Waals surface area contributed by atoms with Crippen LogP contribution < -0.4 is 5.32 Å². The van der Waals surface area contributed by atoms with Crippen LogP contribution in [-0.4, -0.2) is 29.9 Å². The van der Waals surface area contributed by atoms with Gasteiger partial charge in [0.25, 0.3) is 0 Å². The fraction of sp³-hybridized carbons (Fsp3) is 0.136. The first kappa shape index (κ1) is 19.3. The number of nitrogens with zero attached hydrogens (tertiary/aromatic N) is 5. The minimum absolute atomic E-state index is 0.227. The van der Waals surface area contributed by atoms with Gasteiger partial charge in [-0.15, -0.1) is 0 Å². The van der Waals surface area contributed by atoms with Crippen LogP contribution in [0, 0.1) is 12.7 Å². The Kier molecular flexibility index (Phi) is 4.71. The van der Waals surface area contributed by atoms with Crippen molar-refractivity contribution in [1.29, 1.82) is 0 Å². The molecule has 4 aromatic heterocycles. The van der Waals surface area contributed by atoms with E-state index in [2.05, 4.69) is 30.2 Å². The van der Waals surface area contributed by atoms with Gasteiger partial charge < -0.3 is 10.3 Å². The summed E-state index contributed by atoms with van der Waals surface area (Å²) in [5.41, 5.74) is 4.68. The molecule has 0 amide bonds. The summed E-state index contributed by atoms with van der Waals surface area (Å²) in [6.45, 7) is 3.82. The Hall–Kier alpha value is -3.65. The topological polar surface area (TPSA) is 92.3 Å². The molecule has 0 bridgehead atoms. The highest BCUT2D eigenvalue weighted by Gasteiger charge is 2.20. The van der Waals surface area contributed by atoms with E-state index in [1.807, 2.05) is 32.0 Å². The third kappa shape index (κ3) is 3.44. The molecule has 0 fully saturated rings. The van der Waals surface area contributed by atoms with Gasteiger partial charge >= 0.3 is 0 Å². The number of halogens is 2. The molecule has 5 rings (SSSR count). The summed E-state index contributed by atoms with van der Waals surface area (Å²) in [4.78, 5) is 24.7. The van der Waals surface area contributed by atoms with Crippen molar-refractivity contribution in [3.05, 3.63) is 71.3 Å². The Morgan fingerprint density at radius 2 is 2.00 bits per heavy atom. The molecule has 2 N–H and O–H groups in total. The SMILES string of the molecule is Cc1ncc(F)cc1-c1nc2c(Cl)cccc2cc1[C@H](C)Nc1ncnc2nc[nH]c12. The molecule has 31 heavy (non-hydrogen) atoms. The zero-order chi connectivity index (χ0) is 21.5. The van der Waals surface area contributed by atoms with Gasteiger partial charge in [-0.05, 0) is 32.0 Å². The van der Waals surface area contributed by atoms with Gasteiger partial charge in [0, 0.05) is 22.2 Å². The summed E-state index contributed by atoms with van der Waals surface area (Å²) in [6, 6.07) is 8.84. The molecule has 4 heterocycles. The van der Waals surface area contributed by atoms with Gasteiger partial charge in [0.1, 0.15) is 17.7 Å². The zero-order valence-corrected chi connectivity index (χ0v) is 17.4. The fourth-order valence-corrected chi connectivity index (χ4v) is 3.85. The number of aromatic amines is 1. The molecule has 0 aliphatic heterocycles. The molecule has 154 valence electrons. The van der Waals surface area contributed by atoms with Crippen molar-refractivity contribution in [2.24, 2.45) is 0 Å². The summed E-state index contributed by atoms with van der Waals surface area (Å²) >= 11 is 6.41. The predicted octanol–water partition coefficient (Wildman–Crippen LogP) is 5.24. The molecule has 0 unspecified atom stereocenters. The van der Waals surface area contributed by atoms with E-state index < -0.39 is 5.82 Å². The highest BCUT2D eigenvalue weighted by Crippen LogP contribution is 2.35. The third-order valence-corrected chi connectivity index (χ3v) is 5.48. The normalized spacial score (nSPS) is 12.4. The number of imidazole rings is 1. The molecule has 0 radical (unpaired) electrons. The molecule has 1 atom stereocenters. The minimum atomic E-state index is -0.428.